The zero-order chi connectivity index (χ0) is 21.7. The smallest absolute Gasteiger partial charge is 0.265 e. The lowest BCUT2D eigenvalue weighted by atomic mass is 10.2. The Kier molecular flexibility index (Phi) is 6.99. The maximum Gasteiger partial charge on any atom is 0.265 e. The fourth-order valence-corrected chi connectivity index (χ4v) is 5.09. The highest BCUT2D eigenvalue weighted by atomic mass is 32.2. The van der Waals surface area contributed by atoms with Gasteiger partial charge in [0.2, 0.25) is 10.0 Å². The van der Waals surface area contributed by atoms with Crippen LogP contribution >= 0.6 is 0 Å². The van der Waals surface area contributed by atoms with Crippen molar-refractivity contribution in [2.45, 2.75) is 44.1 Å². The van der Waals surface area contributed by atoms with Crippen molar-refractivity contribution < 1.29 is 22.7 Å². The van der Waals surface area contributed by atoms with Crippen LogP contribution in [0.3, 0.4) is 0 Å². The average Bonchev–Trinajstić information content (AvgIpc) is 2.74. The third-order valence-electron chi connectivity index (χ3n) is 5.04. The zero-order valence-corrected chi connectivity index (χ0v) is 18.4. The molecule has 162 valence electrons. The van der Waals surface area contributed by atoms with Crippen LogP contribution < -0.4 is 14.8 Å². The second kappa shape index (κ2) is 9.49. The van der Waals surface area contributed by atoms with E-state index in [0.717, 1.165) is 24.8 Å². The van der Waals surface area contributed by atoms with Gasteiger partial charge in [0.1, 0.15) is 16.4 Å². The molecular formula is C22H28N2O5S. The van der Waals surface area contributed by atoms with E-state index in [-0.39, 0.29) is 16.6 Å². The van der Waals surface area contributed by atoms with Gasteiger partial charge in [0.25, 0.3) is 5.91 Å². The summed E-state index contributed by atoms with van der Waals surface area (Å²) in [4.78, 5) is 12.6. The number of hydrogen-bond donors (Lipinski definition) is 1. The van der Waals surface area contributed by atoms with Gasteiger partial charge in [-0.25, -0.2) is 8.42 Å². The predicted octanol–water partition coefficient (Wildman–Crippen LogP) is 3.58. The maximum atomic E-state index is 13.1. The van der Waals surface area contributed by atoms with Crippen molar-refractivity contribution in [3.63, 3.8) is 0 Å². The molecule has 1 aliphatic heterocycles. The highest BCUT2D eigenvalue weighted by Gasteiger charge is 2.29. The summed E-state index contributed by atoms with van der Waals surface area (Å²) in [5.41, 5.74) is 1.40. The van der Waals surface area contributed by atoms with Crippen molar-refractivity contribution in [2.24, 2.45) is 0 Å². The Labute approximate surface area is 178 Å². The number of nitrogens with one attached hydrogen (secondary N) is 1. The lowest BCUT2D eigenvalue weighted by molar-refractivity contribution is -0.122. The number of nitrogens with zero attached hydrogens (tertiary/aromatic N) is 1. The number of carbonyl (C=O) groups excluding carboxylic acids is 1. The van der Waals surface area contributed by atoms with E-state index in [1.807, 2.05) is 25.1 Å². The molecule has 30 heavy (non-hydrogen) atoms. The monoisotopic (exact) mass is 432 g/mol. The molecule has 1 N–H and O–H groups in total. The molecule has 1 saturated heterocycles. The number of hydrogen-bond acceptors (Lipinski definition) is 5. The minimum Gasteiger partial charge on any atom is -0.495 e. The average molecular weight is 433 g/mol. The first-order valence-corrected chi connectivity index (χ1v) is 11.5. The maximum absolute atomic E-state index is 13.1. The van der Waals surface area contributed by atoms with E-state index in [2.05, 4.69) is 5.32 Å². The van der Waals surface area contributed by atoms with Crippen LogP contribution in [0.2, 0.25) is 0 Å². The van der Waals surface area contributed by atoms with E-state index in [1.165, 1.54) is 17.5 Å². The number of sulfonamides is 1. The summed E-state index contributed by atoms with van der Waals surface area (Å²) in [6, 6.07) is 12.0. The Bertz CT molecular complexity index is 1000. The molecule has 0 radical (unpaired) electrons. The van der Waals surface area contributed by atoms with E-state index in [1.54, 1.807) is 25.1 Å². The number of amides is 1. The van der Waals surface area contributed by atoms with Gasteiger partial charge in [-0.05, 0) is 62.6 Å². The summed E-state index contributed by atoms with van der Waals surface area (Å²) in [5, 5.41) is 2.74. The predicted molar refractivity (Wildman–Crippen MR) is 116 cm³/mol. The topological polar surface area (TPSA) is 84.9 Å². The van der Waals surface area contributed by atoms with Crippen molar-refractivity contribution in [2.75, 3.05) is 25.5 Å². The largest absolute Gasteiger partial charge is 0.495 e. The van der Waals surface area contributed by atoms with Gasteiger partial charge < -0.3 is 14.8 Å². The summed E-state index contributed by atoms with van der Waals surface area (Å²) >= 11 is 0. The molecule has 2 aromatic rings. The fourth-order valence-electron chi connectivity index (χ4n) is 3.39. The van der Waals surface area contributed by atoms with Crippen LogP contribution in [0.5, 0.6) is 11.5 Å². The van der Waals surface area contributed by atoms with Gasteiger partial charge >= 0.3 is 0 Å². The lowest BCUT2D eigenvalue weighted by Crippen LogP contribution is -2.36. The second-order valence-electron chi connectivity index (χ2n) is 7.40. The van der Waals surface area contributed by atoms with Gasteiger partial charge in [-0.15, -0.1) is 0 Å². The van der Waals surface area contributed by atoms with Crippen LogP contribution in [0.15, 0.2) is 47.4 Å². The highest BCUT2D eigenvalue weighted by molar-refractivity contribution is 7.89. The molecule has 3 rings (SSSR count). The fraction of sp³-hybridized carbons (Fsp3) is 0.409. The second-order valence-corrected chi connectivity index (χ2v) is 9.30. The SMILES string of the molecule is COc1ccc(NC(=O)[C@H](C)Oc2cccc(C)c2)cc1S(=O)(=O)N1CCCCC1. The molecule has 2 aromatic carbocycles. The molecule has 1 amide bonds. The van der Waals surface area contributed by atoms with E-state index in [4.69, 9.17) is 9.47 Å². The Morgan fingerprint density at radius 1 is 1.10 bits per heavy atom. The molecule has 1 heterocycles. The van der Waals surface area contributed by atoms with Crippen molar-refractivity contribution in [1.82, 2.24) is 4.31 Å². The van der Waals surface area contributed by atoms with E-state index in [0.29, 0.717) is 24.5 Å². The molecule has 0 aliphatic carbocycles. The van der Waals surface area contributed by atoms with Crippen LogP contribution in [0.4, 0.5) is 5.69 Å². The first-order valence-electron chi connectivity index (χ1n) is 10.0. The summed E-state index contributed by atoms with van der Waals surface area (Å²) < 4.78 is 38.7. The number of ether oxygens (including phenoxy) is 2. The van der Waals surface area contributed by atoms with Crippen molar-refractivity contribution in [3.8, 4) is 11.5 Å². The number of anilines is 1. The normalized spacial score (nSPS) is 16.0. The molecular weight excluding hydrogens is 404 g/mol. The summed E-state index contributed by atoms with van der Waals surface area (Å²) in [5.74, 6) is 0.478. The number of aryl methyl sites for hydroxylation is 1. The molecule has 7 nitrogen and oxygen atoms in total. The molecule has 1 atom stereocenters. The van der Waals surface area contributed by atoms with Gasteiger partial charge in [-0.2, -0.15) is 4.31 Å². The van der Waals surface area contributed by atoms with Crippen molar-refractivity contribution in [3.05, 3.63) is 48.0 Å². The molecule has 0 unspecified atom stereocenters. The third kappa shape index (κ3) is 5.12. The lowest BCUT2D eigenvalue weighted by Gasteiger charge is -2.26. The van der Waals surface area contributed by atoms with E-state index >= 15 is 0 Å². The number of piperidine rings is 1. The Morgan fingerprint density at radius 3 is 2.50 bits per heavy atom. The van der Waals surface area contributed by atoms with Crippen LogP contribution in [0.25, 0.3) is 0 Å². The highest BCUT2D eigenvalue weighted by Crippen LogP contribution is 2.31. The molecule has 1 aliphatic rings. The number of rotatable bonds is 7. The number of benzene rings is 2. The Morgan fingerprint density at radius 2 is 1.83 bits per heavy atom. The van der Waals surface area contributed by atoms with Crippen LogP contribution in [0.1, 0.15) is 31.7 Å². The van der Waals surface area contributed by atoms with Gasteiger partial charge in [-0.1, -0.05) is 18.6 Å². The third-order valence-corrected chi connectivity index (χ3v) is 6.96. The van der Waals surface area contributed by atoms with Crippen LogP contribution in [-0.2, 0) is 14.8 Å². The van der Waals surface area contributed by atoms with Gasteiger partial charge in [0, 0.05) is 18.8 Å². The number of carbonyl (C=O) groups is 1. The van der Waals surface area contributed by atoms with Crippen molar-refractivity contribution in [1.29, 1.82) is 0 Å². The molecule has 1 fully saturated rings. The molecule has 0 spiro atoms. The van der Waals surface area contributed by atoms with Gasteiger partial charge in [-0.3, -0.25) is 4.79 Å². The van der Waals surface area contributed by atoms with E-state index in [9.17, 15) is 13.2 Å². The standard InChI is InChI=1S/C22H28N2O5S/c1-16-8-7-9-19(14-16)29-17(2)22(25)23-18-10-11-20(28-3)21(15-18)30(26,27)24-12-5-4-6-13-24/h7-11,14-15,17H,4-6,12-13H2,1-3H3,(H,23,25)/t17-/m0/s1. The summed E-state index contributed by atoms with van der Waals surface area (Å²) in [7, 11) is -2.28. The minimum absolute atomic E-state index is 0.0527. The van der Waals surface area contributed by atoms with E-state index < -0.39 is 16.1 Å². The minimum atomic E-state index is -3.71. The first kappa shape index (κ1) is 22.1. The summed E-state index contributed by atoms with van der Waals surface area (Å²) in [6.07, 6.45) is 1.95. The Hall–Kier alpha value is -2.58. The molecule has 0 saturated carbocycles. The molecule has 0 aromatic heterocycles. The molecule has 8 heteroatoms. The zero-order valence-electron chi connectivity index (χ0n) is 17.6. The molecule has 0 bridgehead atoms. The first-order chi connectivity index (χ1) is 14.3. The number of methoxy groups -OCH3 is 1. The van der Waals surface area contributed by atoms with Gasteiger partial charge in [0.05, 0.1) is 7.11 Å². The van der Waals surface area contributed by atoms with Crippen LogP contribution in [-0.4, -0.2) is 44.9 Å². The van der Waals surface area contributed by atoms with Crippen LogP contribution in [0, 0.1) is 6.92 Å². The Balaban J connectivity index is 1.78. The van der Waals surface area contributed by atoms with Crippen molar-refractivity contribution >= 4 is 21.6 Å². The summed E-state index contributed by atoms with van der Waals surface area (Å²) in [6.45, 7) is 4.57. The quantitative estimate of drug-likeness (QED) is 0.723. The van der Waals surface area contributed by atoms with Gasteiger partial charge in [0.15, 0.2) is 6.10 Å².